The lowest BCUT2D eigenvalue weighted by Crippen LogP contribution is -2.51. The van der Waals surface area contributed by atoms with E-state index in [0.29, 0.717) is 83.8 Å². The Hall–Kier alpha value is -11.4. The molecule has 8 atom stereocenters. The molecule has 8 aromatic heterocycles. The van der Waals surface area contributed by atoms with Gasteiger partial charge in [-0.15, -0.1) is 0 Å². The number of aliphatic hydroxyl groups is 4. The molecule has 32 heteroatoms. The van der Waals surface area contributed by atoms with Crippen molar-refractivity contribution >= 4 is 105 Å². The molecule has 12 heterocycles. The van der Waals surface area contributed by atoms with Gasteiger partial charge in [-0.3, -0.25) is 39.5 Å². The molecular formula is C110H136Cl4N20O8. The van der Waals surface area contributed by atoms with Crippen LogP contribution in [0.1, 0.15) is 235 Å². The number of aromatic nitrogens is 12. The van der Waals surface area contributed by atoms with Crippen molar-refractivity contribution in [3.63, 3.8) is 0 Å². The Morgan fingerprint density at radius 1 is 0.331 bits per heavy atom. The highest BCUT2D eigenvalue weighted by Gasteiger charge is 2.46. The summed E-state index contributed by atoms with van der Waals surface area (Å²) in [5.74, 6) is 0. The van der Waals surface area contributed by atoms with Crippen molar-refractivity contribution in [3.05, 3.63) is 329 Å². The summed E-state index contributed by atoms with van der Waals surface area (Å²) in [6, 6.07) is 39.1. The molecule has 0 spiro atoms. The molecule has 0 radical (unpaired) electrons. The highest BCUT2D eigenvalue weighted by Crippen LogP contribution is 2.53. The summed E-state index contributed by atoms with van der Waals surface area (Å²) in [6.45, 7) is 30.7. The molecule has 12 aromatic rings. The Bertz CT molecular complexity index is 6240. The average Bonchev–Trinajstić information content (AvgIpc) is 1.62. The predicted molar refractivity (Wildman–Crippen MR) is 567 cm³/mol. The number of imidazole rings is 4. The summed E-state index contributed by atoms with van der Waals surface area (Å²) in [5.41, 5.74) is 15.0. The van der Waals surface area contributed by atoms with E-state index < -0.39 is 33.6 Å². The number of carbonyl (C=O) groups excluding carboxylic acids is 2. The van der Waals surface area contributed by atoms with Gasteiger partial charge in [0.15, 0.2) is 0 Å². The van der Waals surface area contributed by atoms with Crippen molar-refractivity contribution < 1.29 is 39.5 Å². The Morgan fingerprint density at radius 3 is 0.754 bits per heavy atom. The molecule has 4 aliphatic carbocycles. The quantitative estimate of drug-likeness (QED) is 0.0662. The number of fused-ring (bicyclic) bond motifs is 8. The number of piperazine rings is 4. The van der Waals surface area contributed by atoms with E-state index in [9.17, 15) is 30.0 Å². The van der Waals surface area contributed by atoms with Crippen LogP contribution in [0, 0.1) is 0 Å². The minimum absolute atomic E-state index is 0. The predicted octanol–water partition coefficient (Wildman–Crippen LogP) is 18.7. The van der Waals surface area contributed by atoms with Gasteiger partial charge in [0.25, 0.3) is 0 Å². The van der Waals surface area contributed by atoms with Gasteiger partial charge in [0.1, 0.15) is 33.6 Å². The fraction of sp³-hybridized carbons (Fsp3) is 0.400. The molecule has 0 bridgehead atoms. The van der Waals surface area contributed by atoms with E-state index >= 15 is 0 Å². The first-order valence-electron chi connectivity index (χ1n) is 46.8. The summed E-state index contributed by atoms with van der Waals surface area (Å²) in [6.07, 6.45) is 28.5. The molecular weight excluding hydrogens is 1870 g/mol. The van der Waals surface area contributed by atoms with Crippen LogP contribution in [-0.2, 0) is 60.1 Å². The minimum atomic E-state index is -1.35. The van der Waals surface area contributed by atoms with E-state index in [-0.39, 0.29) is 66.1 Å². The molecule has 2 amide bonds. The van der Waals surface area contributed by atoms with Crippen molar-refractivity contribution in [2.75, 3.05) is 105 Å². The van der Waals surface area contributed by atoms with Crippen molar-refractivity contribution in [1.29, 1.82) is 0 Å². The van der Waals surface area contributed by atoms with Gasteiger partial charge in [-0.1, -0.05) is 125 Å². The van der Waals surface area contributed by atoms with Crippen LogP contribution < -0.4 is 10.6 Å². The van der Waals surface area contributed by atoms with Crippen LogP contribution >= 0.6 is 46.4 Å². The number of ether oxygens (including phenoxy) is 2. The number of hydrogen-bond donors (Lipinski definition) is 6. The molecule has 0 saturated carbocycles. The van der Waals surface area contributed by atoms with E-state index in [1.807, 2.05) is 223 Å². The number of benzene rings is 4. The third kappa shape index (κ3) is 22.3. The molecule has 20 rings (SSSR count). The van der Waals surface area contributed by atoms with Crippen LogP contribution in [0.25, 0.3) is 46.6 Å². The highest BCUT2D eigenvalue weighted by atomic mass is 35.5. The number of rotatable bonds is 12. The van der Waals surface area contributed by atoms with Crippen LogP contribution in [0.5, 0.6) is 0 Å². The number of aryl methyl sites for hydroxylation is 4. The third-order valence-corrected chi connectivity index (χ3v) is 28.1. The van der Waals surface area contributed by atoms with Crippen LogP contribution in [0.15, 0.2) is 196 Å². The van der Waals surface area contributed by atoms with Gasteiger partial charge >= 0.3 is 12.2 Å². The van der Waals surface area contributed by atoms with Gasteiger partial charge < -0.3 is 68.6 Å². The van der Waals surface area contributed by atoms with Crippen LogP contribution in [0.4, 0.5) is 9.59 Å². The Kier molecular flexibility index (Phi) is 33.4. The Balaban J connectivity index is 0.000000158. The molecule has 4 aliphatic heterocycles. The number of nitrogens with zero attached hydrogens (tertiary/aromatic N) is 18. The second-order valence-electron chi connectivity index (χ2n) is 39.1. The topological polar surface area (TPSA) is 300 Å². The smallest absolute Gasteiger partial charge is 0.410 e. The molecule has 142 heavy (non-hydrogen) atoms. The van der Waals surface area contributed by atoms with Gasteiger partial charge in [0, 0.05) is 178 Å². The maximum atomic E-state index is 12.7. The summed E-state index contributed by atoms with van der Waals surface area (Å²) < 4.78 is 18.6. The molecule has 4 unspecified atom stereocenters. The van der Waals surface area contributed by atoms with E-state index in [1.54, 1.807) is 86.1 Å². The highest BCUT2D eigenvalue weighted by molar-refractivity contribution is 6.32. The molecule has 752 valence electrons. The zero-order valence-corrected chi connectivity index (χ0v) is 83.4. The maximum Gasteiger partial charge on any atom is 0.410 e. The first-order chi connectivity index (χ1) is 65.8. The minimum Gasteiger partial charge on any atom is -0.444 e. The maximum absolute atomic E-state index is 12.7. The van der Waals surface area contributed by atoms with Gasteiger partial charge in [-0.25, -0.2) is 29.5 Å². The summed E-state index contributed by atoms with van der Waals surface area (Å²) >= 11 is 26.0. The second-order valence-corrected chi connectivity index (χ2v) is 40.9. The van der Waals surface area contributed by atoms with Crippen molar-refractivity contribution in [2.45, 2.75) is 157 Å². The van der Waals surface area contributed by atoms with E-state index in [2.05, 4.69) is 86.6 Å². The normalized spacial score (nSPS) is 19.6. The molecule has 8 aliphatic rings. The fourth-order valence-electron chi connectivity index (χ4n) is 20.5. The number of pyridine rings is 4. The van der Waals surface area contributed by atoms with Crippen molar-refractivity contribution in [2.24, 2.45) is 28.2 Å². The van der Waals surface area contributed by atoms with Gasteiger partial charge in [0.05, 0.1) is 120 Å². The number of halogens is 4. The Labute approximate surface area is 855 Å². The SMILES string of the molecule is C.C.C.C.Cn1cncc1C(C)(O)C1=Cc2cccnc2[C@@H](N2CCN(C(=O)OC(C)(C)C)CC2)c2ccc(Cl)cc21.Cn1cncc1C(C)(O)C1=Cc2cccnc2[C@@H](N2CCN(C(=O)OC(C)(C)C)CC2)c2ccc(Cl)cc21.Cn1cncc1C(C)(O)C1=Cc2cccnc2[C@@H](N2CCNCC2)c2ccc(Cl)cc21.Cn1cncc1C(C)(O)C1=Cc2cccnc2[C@@H](N2CCNCC2)c2ccc(Cl)cc21. The first-order valence-corrected chi connectivity index (χ1v) is 48.3. The number of carbonyl (C=O) groups is 2. The third-order valence-electron chi connectivity index (χ3n) is 27.2. The van der Waals surface area contributed by atoms with Gasteiger partial charge in [-0.2, -0.15) is 0 Å². The van der Waals surface area contributed by atoms with Gasteiger partial charge in [-0.05, 0) is 255 Å². The molecule has 4 fully saturated rings. The number of nitrogens with one attached hydrogen (secondary N) is 2. The lowest BCUT2D eigenvalue weighted by atomic mass is 9.84. The van der Waals surface area contributed by atoms with Crippen LogP contribution in [0.3, 0.4) is 0 Å². The zero-order valence-electron chi connectivity index (χ0n) is 80.4. The van der Waals surface area contributed by atoms with Crippen LogP contribution in [0.2, 0.25) is 20.1 Å². The van der Waals surface area contributed by atoms with Crippen LogP contribution in [-0.4, -0.2) is 236 Å². The second kappa shape index (κ2) is 44.0. The lowest BCUT2D eigenvalue weighted by Gasteiger charge is -2.40. The monoisotopic (exact) mass is 2000 g/mol. The summed E-state index contributed by atoms with van der Waals surface area (Å²) in [7, 11) is 7.53. The van der Waals surface area contributed by atoms with Crippen molar-refractivity contribution in [1.82, 2.24) is 98.2 Å². The van der Waals surface area contributed by atoms with E-state index in [4.69, 9.17) is 75.8 Å². The largest absolute Gasteiger partial charge is 0.444 e. The molecule has 4 saturated heterocycles. The first kappa shape index (κ1) is 108. The number of amides is 2. The lowest BCUT2D eigenvalue weighted by molar-refractivity contribution is 0.0108. The fourth-order valence-corrected chi connectivity index (χ4v) is 21.1. The Morgan fingerprint density at radius 2 is 0.549 bits per heavy atom. The average molecular weight is 2010 g/mol. The summed E-state index contributed by atoms with van der Waals surface area (Å²) in [5, 5.41) is 57.0. The van der Waals surface area contributed by atoms with Crippen molar-refractivity contribution in [3.8, 4) is 0 Å². The molecule has 6 N–H and O–H groups in total. The standard InChI is InChI=1S/2C29H34ClN5O3.2C24H26ClN5O.4CH4/c2*1-28(2,3)38-27(36)35-13-11-34(12-14-35)26-21-9-8-20(30)16-22(21)23(15-19-7-6-10-32-25(19)26)29(4,37)24-17-31-18-33(24)5;2*1-24(31,21-14-27-15-29(21)2)20-12-16-4-3-7-28-22(16)23(30-10-8-26-9-11-30)18-6-5-17(25)13-19(18)20;;;;/h2*6-10,15-18,26,37H,11-14H2,1-5H3;2*3-7,12-15,23,26,31H,8-11H2,1-2H3;4*1H4/t2*26-,29?;2*23-,24?;;;;/m0000..../s1. The van der Waals surface area contributed by atoms with E-state index in [1.165, 1.54) is 0 Å². The zero-order chi connectivity index (χ0) is 97.7. The number of hydrogen-bond acceptors (Lipinski definition) is 22. The molecule has 28 nitrogen and oxygen atoms in total. The van der Waals surface area contributed by atoms with Gasteiger partial charge in [0.2, 0.25) is 0 Å². The molecule has 4 aromatic carbocycles. The summed E-state index contributed by atoms with van der Waals surface area (Å²) in [4.78, 5) is 74.8. The van der Waals surface area contributed by atoms with E-state index in [0.717, 1.165) is 176 Å².